The van der Waals surface area contributed by atoms with Gasteiger partial charge in [0.15, 0.2) is 11.4 Å². The van der Waals surface area contributed by atoms with E-state index >= 15 is 0 Å². The van der Waals surface area contributed by atoms with Crippen LogP contribution >= 0.6 is 0 Å². The second-order valence-electron chi connectivity index (χ2n) is 7.35. The third kappa shape index (κ3) is 4.90. The van der Waals surface area contributed by atoms with Crippen LogP contribution in [0.1, 0.15) is 21.7 Å². The number of Topliss-reactive ketones (excluding diaryl/α,β-unsaturated/α-hetero) is 1. The number of aliphatic hydroxyl groups is 2. The number of hydrogen-bond donors (Lipinski definition) is 2. The number of benzene rings is 1. The summed E-state index contributed by atoms with van der Waals surface area (Å²) >= 11 is 0. The van der Waals surface area contributed by atoms with Crippen molar-refractivity contribution >= 4 is 11.4 Å². The zero-order valence-electron chi connectivity index (χ0n) is 17.6. The molecule has 34 heavy (non-hydrogen) atoms. The predicted molar refractivity (Wildman–Crippen MR) is 114 cm³/mol. The topological polar surface area (TPSA) is 110 Å². The van der Waals surface area contributed by atoms with Crippen molar-refractivity contribution in [3.05, 3.63) is 77.7 Å². The van der Waals surface area contributed by atoms with Gasteiger partial charge in [-0.15, -0.1) is 0 Å². The van der Waals surface area contributed by atoms with Crippen molar-refractivity contribution in [1.29, 1.82) is 0 Å². The zero-order valence-corrected chi connectivity index (χ0v) is 17.6. The van der Waals surface area contributed by atoms with E-state index in [2.05, 4.69) is 15.1 Å². The maximum atomic E-state index is 13.4. The van der Waals surface area contributed by atoms with E-state index in [0.717, 1.165) is 6.07 Å². The van der Waals surface area contributed by atoms with Crippen LogP contribution in [0.5, 0.6) is 5.88 Å². The van der Waals surface area contributed by atoms with E-state index in [9.17, 15) is 18.0 Å². The molecule has 0 fully saturated rings. The summed E-state index contributed by atoms with van der Waals surface area (Å²) in [5.74, 6) is -0.285. The summed E-state index contributed by atoms with van der Waals surface area (Å²) in [7, 11) is 0. The van der Waals surface area contributed by atoms with Crippen molar-refractivity contribution in [2.24, 2.45) is 0 Å². The number of aliphatic hydroxyl groups excluding tert-OH is 2. The van der Waals surface area contributed by atoms with Gasteiger partial charge < -0.3 is 14.9 Å². The van der Waals surface area contributed by atoms with Gasteiger partial charge in [0.2, 0.25) is 5.88 Å². The van der Waals surface area contributed by atoms with Gasteiger partial charge in [-0.25, -0.2) is 14.5 Å². The molecular weight excluding hydrogens is 453 g/mol. The summed E-state index contributed by atoms with van der Waals surface area (Å²) in [6, 6.07) is 12.7. The summed E-state index contributed by atoms with van der Waals surface area (Å²) in [5.41, 5.74) is -0.170. The number of ketones is 1. The van der Waals surface area contributed by atoms with E-state index in [1.807, 2.05) is 0 Å². The molecule has 176 valence electrons. The van der Waals surface area contributed by atoms with Gasteiger partial charge in [-0.3, -0.25) is 4.79 Å². The van der Waals surface area contributed by atoms with E-state index in [-0.39, 0.29) is 29.3 Å². The Balaban J connectivity index is 1.64. The first-order valence-corrected chi connectivity index (χ1v) is 10.2. The lowest BCUT2D eigenvalue weighted by Crippen LogP contribution is -2.25. The van der Waals surface area contributed by atoms with Gasteiger partial charge in [-0.05, 0) is 24.3 Å². The minimum atomic E-state index is -4.56. The average Bonchev–Trinajstić information content (AvgIpc) is 3.25. The molecule has 0 aliphatic rings. The lowest BCUT2D eigenvalue weighted by Gasteiger charge is -2.13. The minimum Gasteiger partial charge on any atom is -0.469 e. The van der Waals surface area contributed by atoms with Crippen molar-refractivity contribution in [2.45, 2.75) is 18.7 Å². The molecule has 11 heteroatoms. The fraction of sp³-hybridized carbons (Fsp3) is 0.217. The summed E-state index contributed by atoms with van der Waals surface area (Å²) in [5, 5.41) is 22.6. The fourth-order valence-electron chi connectivity index (χ4n) is 3.34. The fourth-order valence-corrected chi connectivity index (χ4v) is 3.34. The Bertz CT molecular complexity index is 1320. The van der Waals surface area contributed by atoms with E-state index in [1.54, 1.807) is 12.1 Å². The van der Waals surface area contributed by atoms with Gasteiger partial charge in [-0.1, -0.05) is 24.3 Å². The monoisotopic (exact) mass is 472 g/mol. The van der Waals surface area contributed by atoms with Crippen molar-refractivity contribution in [2.75, 3.05) is 13.2 Å². The van der Waals surface area contributed by atoms with Crippen LogP contribution in [-0.4, -0.2) is 54.9 Å². The standard InChI is InChI=1S/C23H19F3N4O4/c24-23(25,26)17-6-2-1-5-16(17)18-8-9-21-27-11-19(30(21)29-18)20(33)10-14-4-3-7-22(28-14)34-15(12-31)13-32/h1-9,11,15,31-32H,10,12-13H2. The number of imidazole rings is 1. The van der Waals surface area contributed by atoms with Crippen LogP contribution in [-0.2, 0) is 12.6 Å². The molecule has 0 radical (unpaired) electrons. The molecule has 0 saturated carbocycles. The number of hydrogen-bond acceptors (Lipinski definition) is 7. The highest BCUT2D eigenvalue weighted by Crippen LogP contribution is 2.36. The normalized spacial score (nSPS) is 11.8. The summed E-state index contributed by atoms with van der Waals surface area (Å²) in [6.07, 6.45) is -4.26. The number of rotatable bonds is 8. The molecule has 0 aliphatic carbocycles. The SMILES string of the molecule is O=C(Cc1cccc(OC(CO)CO)n1)c1cnc2ccc(-c3ccccc3C(F)(F)F)nn12. The lowest BCUT2D eigenvalue weighted by atomic mass is 10.0. The number of halogens is 3. The largest absolute Gasteiger partial charge is 0.469 e. The van der Waals surface area contributed by atoms with Crippen LogP contribution < -0.4 is 4.74 Å². The third-order valence-electron chi connectivity index (χ3n) is 4.97. The molecule has 4 aromatic rings. The number of alkyl halides is 3. The third-order valence-corrected chi connectivity index (χ3v) is 4.97. The Morgan fingerprint density at radius 3 is 2.53 bits per heavy atom. The smallest absolute Gasteiger partial charge is 0.417 e. The zero-order chi connectivity index (χ0) is 24.3. The molecule has 1 aromatic carbocycles. The van der Waals surface area contributed by atoms with Crippen LogP contribution in [0.3, 0.4) is 0 Å². The highest BCUT2D eigenvalue weighted by atomic mass is 19.4. The number of carbonyl (C=O) groups excluding carboxylic acids is 1. The predicted octanol–water partition coefficient (Wildman–Crippen LogP) is 2.97. The van der Waals surface area contributed by atoms with Crippen molar-refractivity contribution in [1.82, 2.24) is 19.6 Å². The molecular formula is C23H19F3N4O4. The molecule has 0 saturated heterocycles. The van der Waals surface area contributed by atoms with Gasteiger partial charge in [0.25, 0.3) is 0 Å². The van der Waals surface area contributed by atoms with Gasteiger partial charge in [0.1, 0.15) is 11.8 Å². The molecule has 0 spiro atoms. The highest BCUT2D eigenvalue weighted by molar-refractivity contribution is 5.96. The quantitative estimate of drug-likeness (QED) is 0.380. The summed E-state index contributed by atoms with van der Waals surface area (Å²) in [4.78, 5) is 21.3. The Kier molecular flexibility index (Phi) is 6.57. The van der Waals surface area contributed by atoms with Gasteiger partial charge >= 0.3 is 6.18 Å². The summed E-state index contributed by atoms with van der Waals surface area (Å²) in [6.45, 7) is -0.816. The first kappa shape index (κ1) is 23.3. The molecule has 4 rings (SSSR count). The minimum absolute atomic E-state index is 0.0417. The number of aromatic nitrogens is 4. The van der Waals surface area contributed by atoms with Crippen LogP contribution in [0.2, 0.25) is 0 Å². The Labute approximate surface area is 191 Å². The maximum Gasteiger partial charge on any atom is 0.417 e. The second-order valence-corrected chi connectivity index (χ2v) is 7.35. The van der Waals surface area contributed by atoms with Gasteiger partial charge in [0.05, 0.1) is 42.8 Å². The number of pyridine rings is 1. The number of ether oxygens (including phenoxy) is 1. The first-order valence-electron chi connectivity index (χ1n) is 10.2. The van der Waals surface area contributed by atoms with Crippen molar-refractivity contribution in [3.63, 3.8) is 0 Å². The van der Waals surface area contributed by atoms with Crippen LogP contribution in [0.25, 0.3) is 16.9 Å². The number of fused-ring (bicyclic) bond motifs is 1. The van der Waals surface area contributed by atoms with Gasteiger partial charge in [0, 0.05) is 11.6 Å². The van der Waals surface area contributed by atoms with E-state index in [4.69, 9.17) is 14.9 Å². The molecule has 0 aliphatic heterocycles. The molecule has 0 bridgehead atoms. The van der Waals surface area contributed by atoms with Crippen molar-refractivity contribution in [3.8, 4) is 17.1 Å². The average molecular weight is 472 g/mol. The Morgan fingerprint density at radius 2 is 1.79 bits per heavy atom. The molecule has 0 atom stereocenters. The maximum absolute atomic E-state index is 13.4. The highest BCUT2D eigenvalue weighted by Gasteiger charge is 2.33. The Morgan fingerprint density at radius 1 is 1.03 bits per heavy atom. The van der Waals surface area contributed by atoms with Crippen LogP contribution in [0, 0.1) is 0 Å². The number of nitrogens with zero attached hydrogens (tertiary/aromatic N) is 4. The van der Waals surface area contributed by atoms with E-state index in [1.165, 1.54) is 47.1 Å². The van der Waals surface area contributed by atoms with E-state index < -0.39 is 36.8 Å². The second kappa shape index (κ2) is 9.57. The Hall–Kier alpha value is -3.83. The number of carbonyl (C=O) groups is 1. The van der Waals surface area contributed by atoms with Crippen molar-refractivity contribution < 1.29 is 32.9 Å². The van der Waals surface area contributed by atoms with Crippen LogP contribution in [0.4, 0.5) is 13.2 Å². The molecule has 0 unspecified atom stereocenters. The first-order chi connectivity index (χ1) is 16.3. The molecule has 8 nitrogen and oxygen atoms in total. The summed E-state index contributed by atoms with van der Waals surface area (Å²) < 4.78 is 46.9. The molecule has 0 amide bonds. The lowest BCUT2D eigenvalue weighted by molar-refractivity contribution is -0.137. The van der Waals surface area contributed by atoms with Crippen LogP contribution in [0.15, 0.2) is 60.8 Å². The molecule has 3 heterocycles. The molecule has 3 aromatic heterocycles. The molecule has 2 N–H and O–H groups in total. The van der Waals surface area contributed by atoms with Gasteiger partial charge in [-0.2, -0.15) is 18.3 Å². The van der Waals surface area contributed by atoms with E-state index in [0.29, 0.717) is 11.3 Å².